The summed E-state index contributed by atoms with van der Waals surface area (Å²) in [5.41, 5.74) is 1.18. The fraction of sp³-hybridized carbons (Fsp3) is 0.600. The van der Waals surface area contributed by atoms with Gasteiger partial charge in [-0.2, -0.15) is 0 Å². The van der Waals surface area contributed by atoms with Gasteiger partial charge >= 0.3 is 0 Å². The second-order valence-electron chi connectivity index (χ2n) is 4.50. The first kappa shape index (κ1) is 15.5. The summed E-state index contributed by atoms with van der Waals surface area (Å²) >= 11 is 6.10. The summed E-state index contributed by atoms with van der Waals surface area (Å²) in [4.78, 5) is 2.47. The van der Waals surface area contributed by atoms with Crippen molar-refractivity contribution in [2.24, 2.45) is 0 Å². The van der Waals surface area contributed by atoms with Crippen molar-refractivity contribution in [1.29, 1.82) is 0 Å². The number of nitrogens with one attached hydrogen (secondary N) is 1. The minimum atomic E-state index is 0.855. The average molecular weight is 269 g/mol. The molecule has 0 aliphatic carbocycles. The van der Waals surface area contributed by atoms with Gasteiger partial charge in [-0.05, 0) is 50.7 Å². The number of halogens is 1. The van der Waals surface area contributed by atoms with Gasteiger partial charge in [-0.25, -0.2) is 0 Å². The van der Waals surface area contributed by atoms with E-state index in [-0.39, 0.29) is 0 Å². The molecule has 1 N–H and O–H groups in total. The van der Waals surface area contributed by atoms with Gasteiger partial charge in [0.25, 0.3) is 0 Å². The number of hydrogen-bond acceptors (Lipinski definition) is 2. The van der Waals surface area contributed by atoms with Crippen molar-refractivity contribution in [2.45, 2.75) is 33.2 Å². The molecule has 3 heteroatoms. The molecule has 2 nitrogen and oxygen atoms in total. The first-order valence-corrected chi connectivity index (χ1v) is 7.32. The second-order valence-corrected chi connectivity index (χ2v) is 4.91. The Morgan fingerprint density at radius 1 is 1.11 bits per heavy atom. The van der Waals surface area contributed by atoms with Gasteiger partial charge in [-0.1, -0.05) is 43.6 Å². The van der Waals surface area contributed by atoms with Crippen molar-refractivity contribution in [2.75, 3.05) is 26.2 Å². The molecule has 0 aliphatic rings. The number of benzene rings is 1. The number of nitrogens with zero attached hydrogens (tertiary/aromatic N) is 1. The zero-order valence-electron chi connectivity index (χ0n) is 11.6. The Hall–Kier alpha value is -0.570. The van der Waals surface area contributed by atoms with E-state index in [1.54, 1.807) is 0 Å². The van der Waals surface area contributed by atoms with Crippen molar-refractivity contribution in [3.63, 3.8) is 0 Å². The Bertz CT molecular complexity index is 324. The van der Waals surface area contributed by atoms with Crippen molar-refractivity contribution in [3.8, 4) is 0 Å². The van der Waals surface area contributed by atoms with Crippen LogP contribution in [0.15, 0.2) is 24.3 Å². The summed E-state index contributed by atoms with van der Waals surface area (Å²) in [6.07, 6.45) is 2.48. The molecular weight excluding hydrogens is 244 g/mol. The lowest BCUT2D eigenvalue weighted by Crippen LogP contribution is -2.25. The van der Waals surface area contributed by atoms with Gasteiger partial charge in [0.15, 0.2) is 0 Å². The average Bonchev–Trinajstić information content (AvgIpc) is 2.40. The Balaban J connectivity index is 2.07. The third-order valence-electron chi connectivity index (χ3n) is 3.25. The summed E-state index contributed by atoms with van der Waals surface area (Å²) in [6.45, 7) is 9.89. The molecule has 0 saturated carbocycles. The summed E-state index contributed by atoms with van der Waals surface area (Å²) in [5.74, 6) is 0. The topological polar surface area (TPSA) is 15.3 Å². The third-order valence-corrected chi connectivity index (χ3v) is 3.61. The van der Waals surface area contributed by atoms with E-state index in [1.165, 1.54) is 24.9 Å². The molecule has 0 saturated heterocycles. The highest BCUT2D eigenvalue weighted by Crippen LogP contribution is 2.14. The van der Waals surface area contributed by atoms with E-state index >= 15 is 0 Å². The third kappa shape index (κ3) is 5.85. The lowest BCUT2D eigenvalue weighted by atomic mass is 10.2. The molecule has 0 fully saturated rings. The molecule has 0 radical (unpaired) electrons. The van der Waals surface area contributed by atoms with Crippen LogP contribution in [0.3, 0.4) is 0 Å². The molecule has 0 unspecified atom stereocenters. The van der Waals surface area contributed by atoms with Crippen molar-refractivity contribution >= 4 is 11.6 Å². The van der Waals surface area contributed by atoms with Crippen LogP contribution in [-0.2, 0) is 6.54 Å². The van der Waals surface area contributed by atoms with E-state index < -0.39 is 0 Å². The van der Waals surface area contributed by atoms with Crippen molar-refractivity contribution in [3.05, 3.63) is 34.9 Å². The van der Waals surface area contributed by atoms with Gasteiger partial charge < -0.3 is 10.2 Å². The fourth-order valence-corrected chi connectivity index (χ4v) is 2.19. The van der Waals surface area contributed by atoms with Gasteiger partial charge in [0.2, 0.25) is 0 Å². The number of unbranched alkanes of at least 4 members (excludes halogenated alkanes) is 1. The molecule has 0 amide bonds. The summed E-state index contributed by atoms with van der Waals surface area (Å²) in [7, 11) is 0. The minimum absolute atomic E-state index is 0.855. The number of rotatable bonds is 9. The molecule has 0 atom stereocenters. The monoisotopic (exact) mass is 268 g/mol. The van der Waals surface area contributed by atoms with E-state index in [4.69, 9.17) is 11.6 Å². The molecule has 102 valence electrons. The fourth-order valence-electron chi connectivity index (χ4n) is 1.99. The second kappa shape index (κ2) is 9.37. The minimum Gasteiger partial charge on any atom is -0.313 e. The highest BCUT2D eigenvalue weighted by molar-refractivity contribution is 6.31. The molecule has 1 aromatic rings. The normalized spacial score (nSPS) is 11.1. The first-order valence-electron chi connectivity index (χ1n) is 6.94. The van der Waals surface area contributed by atoms with Gasteiger partial charge in [0.05, 0.1) is 0 Å². The quantitative estimate of drug-likeness (QED) is 0.689. The maximum atomic E-state index is 6.10. The van der Waals surface area contributed by atoms with E-state index in [0.29, 0.717) is 0 Å². The Morgan fingerprint density at radius 2 is 1.83 bits per heavy atom. The SMILES string of the molecule is CCN(CC)CCCCNCc1ccccc1Cl. The van der Waals surface area contributed by atoms with Gasteiger partial charge in [0.1, 0.15) is 0 Å². The van der Waals surface area contributed by atoms with Crippen LogP contribution in [0.4, 0.5) is 0 Å². The lowest BCUT2D eigenvalue weighted by molar-refractivity contribution is 0.296. The molecule has 1 aromatic carbocycles. The van der Waals surface area contributed by atoms with Crippen LogP contribution in [0.2, 0.25) is 5.02 Å². The number of hydrogen-bond donors (Lipinski definition) is 1. The standard InChI is InChI=1S/C15H25ClN2/c1-3-18(4-2)12-8-7-11-17-13-14-9-5-6-10-15(14)16/h5-6,9-10,17H,3-4,7-8,11-13H2,1-2H3. The van der Waals surface area contributed by atoms with Gasteiger partial charge in [-0.3, -0.25) is 0 Å². The van der Waals surface area contributed by atoms with E-state index in [9.17, 15) is 0 Å². The van der Waals surface area contributed by atoms with E-state index in [0.717, 1.165) is 31.2 Å². The van der Waals surface area contributed by atoms with Gasteiger partial charge in [-0.15, -0.1) is 0 Å². The zero-order valence-corrected chi connectivity index (χ0v) is 12.3. The predicted molar refractivity (Wildman–Crippen MR) is 80.2 cm³/mol. The Labute approximate surface area is 116 Å². The predicted octanol–water partition coefficient (Wildman–Crippen LogP) is 3.55. The maximum absolute atomic E-state index is 6.10. The molecule has 0 spiro atoms. The van der Waals surface area contributed by atoms with Crippen LogP contribution in [0.1, 0.15) is 32.3 Å². The Morgan fingerprint density at radius 3 is 2.50 bits per heavy atom. The van der Waals surface area contributed by atoms with Crippen molar-refractivity contribution in [1.82, 2.24) is 10.2 Å². The zero-order chi connectivity index (χ0) is 13.2. The molecule has 18 heavy (non-hydrogen) atoms. The van der Waals surface area contributed by atoms with Crippen LogP contribution in [0.5, 0.6) is 0 Å². The van der Waals surface area contributed by atoms with E-state index in [1.807, 2.05) is 18.2 Å². The molecular formula is C15H25ClN2. The van der Waals surface area contributed by atoms with Crippen LogP contribution in [-0.4, -0.2) is 31.1 Å². The summed E-state index contributed by atoms with van der Waals surface area (Å²) < 4.78 is 0. The maximum Gasteiger partial charge on any atom is 0.0450 e. The molecule has 1 rings (SSSR count). The van der Waals surface area contributed by atoms with Crippen LogP contribution >= 0.6 is 11.6 Å². The summed E-state index contributed by atoms with van der Waals surface area (Å²) in [6, 6.07) is 8.02. The first-order chi connectivity index (χ1) is 8.77. The van der Waals surface area contributed by atoms with Crippen LogP contribution in [0.25, 0.3) is 0 Å². The molecule has 0 bridgehead atoms. The van der Waals surface area contributed by atoms with Gasteiger partial charge in [0, 0.05) is 11.6 Å². The lowest BCUT2D eigenvalue weighted by Gasteiger charge is -2.17. The molecule has 0 aliphatic heterocycles. The highest BCUT2D eigenvalue weighted by atomic mass is 35.5. The van der Waals surface area contributed by atoms with Crippen molar-refractivity contribution < 1.29 is 0 Å². The largest absolute Gasteiger partial charge is 0.313 e. The molecule has 0 heterocycles. The molecule has 0 aromatic heterocycles. The van der Waals surface area contributed by atoms with E-state index in [2.05, 4.69) is 30.1 Å². The van der Waals surface area contributed by atoms with Crippen LogP contribution < -0.4 is 5.32 Å². The summed E-state index contributed by atoms with van der Waals surface area (Å²) in [5, 5.41) is 4.30. The van der Waals surface area contributed by atoms with Crippen LogP contribution in [0, 0.1) is 0 Å². The highest BCUT2D eigenvalue weighted by Gasteiger charge is 1.99. The Kier molecular flexibility index (Phi) is 8.06. The smallest absolute Gasteiger partial charge is 0.0450 e.